The van der Waals surface area contributed by atoms with Crippen LogP contribution in [0.25, 0.3) is 27.1 Å². The van der Waals surface area contributed by atoms with E-state index < -0.39 is 0 Å². The van der Waals surface area contributed by atoms with Gasteiger partial charge in [-0.1, -0.05) is 48.5 Å². The second kappa shape index (κ2) is 10.2. The molecule has 0 aliphatic carbocycles. The van der Waals surface area contributed by atoms with Crippen molar-refractivity contribution in [1.82, 2.24) is 4.58 Å². The van der Waals surface area contributed by atoms with E-state index in [4.69, 9.17) is 4.74 Å². The van der Waals surface area contributed by atoms with Crippen molar-refractivity contribution in [2.24, 2.45) is 10.2 Å². The third-order valence-corrected chi connectivity index (χ3v) is 10.2. The number of azo groups is 1. The number of nitrogens with zero attached hydrogens (tertiary/aromatic N) is 3. The number of ether oxygens (including phenoxy) is 1. The van der Waals surface area contributed by atoms with Gasteiger partial charge in [-0.2, -0.15) is 10.2 Å². The van der Waals surface area contributed by atoms with Crippen LogP contribution in [-0.2, 0) is 12.8 Å². The van der Waals surface area contributed by atoms with Crippen LogP contribution >= 0.6 is 11.8 Å². The topological polar surface area (TPSA) is 37.0 Å². The smallest absolute Gasteiger partial charge is 0.207 e. The lowest BCUT2D eigenvalue weighted by molar-refractivity contribution is 0.483. The van der Waals surface area contributed by atoms with Gasteiger partial charge in [0.2, 0.25) is 5.36 Å². The van der Waals surface area contributed by atoms with Crippen LogP contribution in [-0.4, -0.2) is 19.3 Å². The minimum atomic E-state index is 0.819. The number of benzene rings is 6. The average Bonchev–Trinajstić information content (AvgIpc) is 3.50. The molecule has 0 atom stereocenters. The molecule has 0 bridgehead atoms. The summed E-state index contributed by atoms with van der Waals surface area (Å²) in [6, 6.07) is 36.4. The molecule has 0 N–H and O–H groups in total. The third kappa shape index (κ3) is 3.96. The molecule has 0 fully saturated rings. The summed E-state index contributed by atoms with van der Waals surface area (Å²) >= 11 is 1.79. The van der Waals surface area contributed by atoms with Gasteiger partial charge in [-0.05, 0) is 83.6 Å². The van der Waals surface area contributed by atoms with E-state index in [2.05, 4.69) is 87.8 Å². The van der Waals surface area contributed by atoms with Crippen molar-refractivity contribution < 1.29 is 4.74 Å². The zero-order chi connectivity index (χ0) is 29.2. The first-order valence-corrected chi connectivity index (χ1v) is 16.6. The maximum Gasteiger partial charge on any atom is 0.207 e. The molecular weight excluding hydrogens is 559 g/mol. The summed E-state index contributed by atoms with van der Waals surface area (Å²) in [6.45, 7) is 2.29. The Hall–Kier alpha value is -4.74. The molecule has 44 heavy (non-hydrogen) atoms. The number of hydrogen-bond acceptors (Lipinski definition) is 4. The van der Waals surface area contributed by atoms with Gasteiger partial charge in [0.15, 0.2) is 0 Å². The van der Waals surface area contributed by atoms with Crippen molar-refractivity contribution in [2.45, 2.75) is 24.2 Å². The molecule has 0 aromatic heterocycles. The van der Waals surface area contributed by atoms with Crippen molar-refractivity contribution in [1.29, 1.82) is 0 Å². The minimum absolute atomic E-state index is 0.819. The van der Waals surface area contributed by atoms with E-state index in [1.807, 2.05) is 36.4 Å². The second-order valence-electron chi connectivity index (χ2n) is 11.8. The number of thioether (sulfide) groups is 1. The van der Waals surface area contributed by atoms with E-state index in [9.17, 15) is 0 Å². The van der Waals surface area contributed by atoms with E-state index in [1.54, 1.807) is 11.8 Å². The molecule has 0 unspecified atom stereocenters. The highest BCUT2D eigenvalue weighted by Gasteiger charge is 2.30. The molecule has 4 nitrogen and oxygen atoms in total. The molecule has 0 saturated carbocycles. The summed E-state index contributed by atoms with van der Waals surface area (Å²) in [4.78, 5) is 1.26. The molecule has 5 heteroatoms. The summed E-state index contributed by atoms with van der Waals surface area (Å²) in [5.41, 5.74) is 8.22. The van der Waals surface area contributed by atoms with Gasteiger partial charge in [0.25, 0.3) is 0 Å². The lowest BCUT2D eigenvalue weighted by Gasteiger charge is -2.25. The molecule has 212 valence electrons. The number of aryl methyl sites for hydroxylation is 1. The highest BCUT2D eigenvalue weighted by Crippen LogP contribution is 2.45. The molecule has 0 spiro atoms. The third-order valence-electron chi connectivity index (χ3n) is 9.36. The normalized spacial score (nSPS) is 15.0. The quantitative estimate of drug-likeness (QED) is 0.117. The number of hydrogen-bond donors (Lipinski definition) is 0. The van der Waals surface area contributed by atoms with Crippen LogP contribution in [0.5, 0.6) is 11.5 Å². The Morgan fingerprint density at radius 2 is 1.52 bits per heavy atom. The van der Waals surface area contributed by atoms with Gasteiger partial charge in [-0.25, -0.2) is 4.58 Å². The van der Waals surface area contributed by atoms with Gasteiger partial charge in [0.1, 0.15) is 24.6 Å². The van der Waals surface area contributed by atoms with Crippen molar-refractivity contribution in [3.63, 3.8) is 0 Å². The van der Waals surface area contributed by atoms with Crippen LogP contribution < -0.4 is 19.9 Å². The van der Waals surface area contributed by atoms with E-state index in [0.29, 0.717) is 0 Å². The molecule has 0 radical (unpaired) electrons. The molecule has 3 heterocycles. The number of fused-ring (bicyclic) bond motifs is 7. The zero-order valence-corrected chi connectivity index (χ0v) is 25.3. The first-order chi connectivity index (χ1) is 21.8. The van der Waals surface area contributed by atoms with Crippen LogP contribution in [0.15, 0.2) is 118 Å². The Kier molecular flexibility index (Phi) is 5.95. The Balaban J connectivity index is 1.30. The van der Waals surface area contributed by atoms with E-state index in [-0.39, 0.29) is 0 Å². The van der Waals surface area contributed by atoms with Crippen LogP contribution in [0.3, 0.4) is 0 Å². The fourth-order valence-electron chi connectivity index (χ4n) is 7.41. The van der Waals surface area contributed by atoms with E-state index in [0.717, 1.165) is 63.8 Å². The van der Waals surface area contributed by atoms with Crippen molar-refractivity contribution in [3.8, 4) is 11.5 Å². The summed E-state index contributed by atoms with van der Waals surface area (Å²) in [6.07, 6.45) is 5.60. The maximum atomic E-state index is 7.11. The first kappa shape index (κ1) is 25.7. The first-order valence-electron chi connectivity index (χ1n) is 15.4. The molecule has 9 rings (SSSR count). The summed E-state index contributed by atoms with van der Waals surface area (Å²) in [7, 11) is 0. The summed E-state index contributed by atoms with van der Waals surface area (Å²) in [5.74, 6) is 1.89. The highest BCUT2D eigenvalue weighted by atomic mass is 32.2. The number of rotatable bonds is 4. The van der Waals surface area contributed by atoms with Gasteiger partial charge in [-0.3, -0.25) is 0 Å². The van der Waals surface area contributed by atoms with Gasteiger partial charge in [0.05, 0.1) is 11.4 Å². The van der Waals surface area contributed by atoms with Crippen molar-refractivity contribution in [3.05, 3.63) is 136 Å². The van der Waals surface area contributed by atoms with E-state index >= 15 is 0 Å². The molecule has 0 amide bonds. The predicted molar refractivity (Wildman–Crippen MR) is 181 cm³/mol. The Morgan fingerprint density at radius 3 is 2.43 bits per heavy atom. The van der Waals surface area contributed by atoms with E-state index in [1.165, 1.54) is 56.3 Å². The summed E-state index contributed by atoms with van der Waals surface area (Å²) < 4.78 is 9.70. The monoisotopic (exact) mass is 588 g/mol. The molecule has 6 aromatic carbocycles. The van der Waals surface area contributed by atoms with Crippen LogP contribution in [0.2, 0.25) is 0 Å². The van der Waals surface area contributed by atoms with Crippen LogP contribution in [0.4, 0.5) is 11.4 Å². The molecule has 3 aliphatic rings. The lowest BCUT2D eigenvalue weighted by atomic mass is 9.88. The molecule has 6 aromatic rings. The second-order valence-corrected chi connectivity index (χ2v) is 12.6. The molecule has 3 aliphatic heterocycles. The van der Waals surface area contributed by atoms with Gasteiger partial charge in [-0.15, -0.1) is 11.8 Å². The largest absolute Gasteiger partial charge is 0.455 e. The molecular formula is C39H30N3OS+. The lowest BCUT2D eigenvalue weighted by Crippen LogP contribution is -2.34. The summed E-state index contributed by atoms with van der Waals surface area (Å²) in [5, 5.41) is 16.4. The Labute approximate surface area is 260 Å². The Morgan fingerprint density at radius 1 is 0.682 bits per heavy atom. The average molecular weight is 589 g/mol. The van der Waals surface area contributed by atoms with Crippen LogP contribution in [0.1, 0.15) is 28.7 Å². The van der Waals surface area contributed by atoms with Gasteiger partial charge in [0, 0.05) is 56.0 Å². The predicted octanol–water partition coefficient (Wildman–Crippen LogP) is 8.48. The fourth-order valence-corrected chi connectivity index (χ4v) is 8.01. The fraction of sp³-hybridized carbons (Fsp3) is 0.154. The highest BCUT2D eigenvalue weighted by molar-refractivity contribution is 7.98. The molecule has 0 saturated heterocycles. The van der Waals surface area contributed by atoms with Crippen molar-refractivity contribution in [2.75, 3.05) is 19.3 Å². The maximum absolute atomic E-state index is 7.11. The van der Waals surface area contributed by atoms with Crippen molar-refractivity contribution >= 4 is 50.3 Å². The SMILES string of the molecule is CSc1ccccc1C1=c2ccc3c4c5c(cc3c2Oc2c1ccc1cc(N=Nc3ccccc3)ccc21)CC[N+]=5CCC4. The van der Waals surface area contributed by atoms with Gasteiger partial charge < -0.3 is 4.74 Å². The van der Waals surface area contributed by atoms with Crippen LogP contribution in [0, 0.1) is 0 Å². The minimum Gasteiger partial charge on any atom is -0.455 e. The Bertz CT molecular complexity index is 2330. The van der Waals surface area contributed by atoms with Gasteiger partial charge >= 0.3 is 0 Å². The standard InChI is InChI=1S/C39H30N3OS/c1-44-35-12-6-5-10-31(35)36-32-15-13-24-22-27(41-40-26-8-3-2-4-9-26)14-16-28(24)38(32)43-39-33(36)18-17-29-30-11-7-20-42-21-19-25(37(30)42)23-34(29)39/h2-6,8-10,12-18,22-23H,7,11,19-21H2,1H3/q+1. The zero-order valence-electron chi connectivity index (χ0n) is 24.5.